The van der Waals surface area contributed by atoms with Gasteiger partial charge in [0.25, 0.3) is 0 Å². The van der Waals surface area contributed by atoms with Gasteiger partial charge in [-0.2, -0.15) is 0 Å². The van der Waals surface area contributed by atoms with Gasteiger partial charge in [-0.25, -0.2) is 0 Å². The maximum Gasteiger partial charge on any atom is 0.195 e. The maximum absolute atomic E-state index is 12.3. The van der Waals surface area contributed by atoms with Crippen molar-refractivity contribution in [2.45, 2.75) is 27.7 Å². The fourth-order valence-corrected chi connectivity index (χ4v) is 4.84. The third-order valence-corrected chi connectivity index (χ3v) is 6.49. The molecule has 0 saturated carbocycles. The van der Waals surface area contributed by atoms with Crippen LogP contribution in [0.25, 0.3) is 41.7 Å². The van der Waals surface area contributed by atoms with Crippen molar-refractivity contribution in [3.05, 3.63) is 130 Å². The van der Waals surface area contributed by atoms with E-state index >= 15 is 0 Å². The van der Waals surface area contributed by atoms with E-state index < -0.39 is 0 Å². The average Bonchev–Trinajstić information content (AvgIpc) is 3.08. The smallest absolute Gasteiger partial charge is 0.195 e. The van der Waals surface area contributed by atoms with Gasteiger partial charge in [0.2, 0.25) is 0 Å². The van der Waals surface area contributed by atoms with Gasteiger partial charge >= 0.3 is 0 Å². The van der Waals surface area contributed by atoms with E-state index in [1.807, 2.05) is 137 Å². The van der Waals surface area contributed by atoms with E-state index in [1.54, 1.807) is 11.3 Å². The van der Waals surface area contributed by atoms with Crippen LogP contribution >= 0.6 is 11.3 Å². The molecule has 3 heteroatoms. The molecule has 0 bridgehead atoms. The topological polar surface area (TPSA) is 34.1 Å². The molecule has 6 rings (SSSR count). The lowest BCUT2D eigenvalue weighted by molar-refractivity contribution is 1.50. The van der Waals surface area contributed by atoms with Crippen molar-refractivity contribution >= 4 is 53.1 Å². The Morgan fingerprint density at radius 2 is 0.714 bits per heavy atom. The summed E-state index contributed by atoms with van der Waals surface area (Å²) in [4.78, 5) is 24.4. The summed E-state index contributed by atoms with van der Waals surface area (Å²) in [6, 6.07) is 34.9. The molecule has 0 atom stereocenters. The third kappa shape index (κ3) is 5.64. The zero-order valence-electron chi connectivity index (χ0n) is 20.6. The summed E-state index contributed by atoms with van der Waals surface area (Å²) < 4.78 is 2.11. The van der Waals surface area contributed by atoms with E-state index in [1.165, 1.54) is 0 Å². The van der Waals surface area contributed by atoms with Crippen molar-refractivity contribution in [3.63, 3.8) is 0 Å². The molecule has 0 spiro atoms. The zero-order chi connectivity index (χ0) is 25.2. The normalized spacial score (nSPS) is 9.94. The molecule has 0 saturated heterocycles. The minimum absolute atomic E-state index is 0.108. The van der Waals surface area contributed by atoms with E-state index in [0.29, 0.717) is 0 Å². The zero-order valence-corrected chi connectivity index (χ0v) is 21.4. The standard InChI is InChI=1S/C15H10O.C13H8OS.2C2H6/c16-15-13-7-3-1-5-11(13)9-10-12-6-2-4-8-14(12)15;14-13-9-5-1-3-7-11(9)15-12-8-4-2-6-10(12)13;2*1-2/h1-10H;1-8H;2*1-2H3. The van der Waals surface area contributed by atoms with Crippen LogP contribution in [0.2, 0.25) is 0 Å². The Morgan fingerprint density at radius 3 is 1.14 bits per heavy atom. The summed E-state index contributed by atoms with van der Waals surface area (Å²) in [5.74, 6) is 0. The molecule has 0 aliphatic carbocycles. The Hall–Kier alpha value is -3.82. The van der Waals surface area contributed by atoms with E-state index in [9.17, 15) is 9.59 Å². The van der Waals surface area contributed by atoms with Gasteiger partial charge in [0.05, 0.1) is 0 Å². The van der Waals surface area contributed by atoms with Crippen molar-refractivity contribution < 1.29 is 0 Å². The fraction of sp³-hybridized carbons (Fsp3) is 0.125. The molecule has 0 fully saturated rings. The Kier molecular flexibility index (Phi) is 9.28. The molecule has 176 valence electrons. The highest BCUT2D eigenvalue weighted by Gasteiger charge is 2.03. The lowest BCUT2D eigenvalue weighted by Gasteiger charge is -1.99. The van der Waals surface area contributed by atoms with Crippen molar-refractivity contribution in [2.75, 3.05) is 0 Å². The highest BCUT2D eigenvalue weighted by molar-refractivity contribution is 7.24. The largest absolute Gasteiger partial charge is 0.289 e. The number of hydrogen-bond acceptors (Lipinski definition) is 3. The lowest BCUT2D eigenvalue weighted by Crippen LogP contribution is -1.99. The Bertz CT molecular complexity index is 1560. The SMILES string of the molecule is CC.CC.O=c1c2ccccc2ccc2ccccc12.O=c1c2ccccc2sc2ccccc12. The molecule has 1 heterocycles. The first-order valence-corrected chi connectivity index (χ1v) is 12.9. The maximum atomic E-state index is 12.3. The van der Waals surface area contributed by atoms with Gasteiger partial charge in [-0.3, -0.25) is 9.59 Å². The first kappa shape index (κ1) is 25.8. The first-order valence-electron chi connectivity index (χ1n) is 12.0. The average molecular weight is 479 g/mol. The van der Waals surface area contributed by atoms with Crippen molar-refractivity contribution in [2.24, 2.45) is 0 Å². The second-order valence-electron chi connectivity index (χ2n) is 7.26. The molecule has 0 radical (unpaired) electrons. The van der Waals surface area contributed by atoms with Crippen LogP contribution in [0.5, 0.6) is 0 Å². The van der Waals surface area contributed by atoms with Crippen LogP contribution < -0.4 is 10.9 Å². The number of benzene rings is 4. The summed E-state index contributed by atoms with van der Waals surface area (Å²) in [6.45, 7) is 8.00. The molecular weight excluding hydrogens is 448 g/mol. The van der Waals surface area contributed by atoms with E-state index in [4.69, 9.17) is 0 Å². The summed E-state index contributed by atoms with van der Waals surface area (Å²) in [5, 5.41) is 5.18. The summed E-state index contributed by atoms with van der Waals surface area (Å²) in [5.41, 5.74) is 0.246. The predicted molar refractivity (Wildman–Crippen MR) is 156 cm³/mol. The van der Waals surface area contributed by atoms with Crippen LogP contribution in [0.3, 0.4) is 0 Å². The minimum Gasteiger partial charge on any atom is -0.289 e. The van der Waals surface area contributed by atoms with Gasteiger partial charge in [0.15, 0.2) is 10.9 Å². The van der Waals surface area contributed by atoms with Gasteiger partial charge < -0.3 is 0 Å². The van der Waals surface area contributed by atoms with Gasteiger partial charge in [-0.05, 0) is 35.0 Å². The Morgan fingerprint density at radius 1 is 0.400 bits per heavy atom. The van der Waals surface area contributed by atoms with Crippen LogP contribution in [-0.4, -0.2) is 0 Å². The quantitative estimate of drug-likeness (QED) is 0.204. The van der Waals surface area contributed by atoms with Gasteiger partial charge in [0, 0.05) is 30.9 Å². The van der Waals surface area contributed by atoms with Crippen LogP contribution in [0.15, 0.2) is 119 Å². The molecule has 0 aliphatic heterocycles. The van der Waals surface area contributed by atoms with Crippen molar-refractivity contribution in [1.29, 1.82) is 0 Å². The number of hydrogen-bond donors (Lipinski definition) is 0. The van der Waals surface area contributed by atoms with E-state index in [-0.39, 0.29) is 10.9 Å². The molecule has 5 aromatic carbocycles. The Balaban J connectivity index is 0.000000172. The molecule has 0 aliphatic rings. The molecule has 0 unspecified atom stereocenters. The minimum atomic E-state index is 0.108. The van der Waals surface area contributed by atoms with Gasteiger partial charge in [-0.15, -0.1) is 11.3 Å². The van der Waals surface area contributed by atoms with Gasteiger partial charge in [-0.1, -0.05) is 113 Å². The number of rotatable bonds is 0. The second-order valence-corrected chi connectivity index (χ2v) is 8.34. The van der Waals surface area contributed by atoms with Crippen molar-refractivity contribution in [3.8, 4) is 0 Å². The molecule has 2 nitrogen and oxygen atoms in total. The van der Waals surface area contributed by atoms with Crippen molar-refractivity contribution in [1.82, 2.24) is 0 Å². The molecule has 0 amide bonds. The van der Waals surface area contributed by atoms with Gasteiger partial charge in [0.1, 0.15) is 0 Å². The van der Waals surface area contributed by atoms with E-state index in [2.05, 4.69) is 0 Å². The second kappa shape index (κ2) is 12.6. The first-order chi connectivity index (χ1) is 17.2. The highest BCUT2D eigenvalue weighted by atomic mass is 32.1. The summed E-state index contributed by atoms with van der Waals surface area (Å²) >= 11 is 1.67. The van der Waals surface area contributed by atoms with Crippen LogP contribution in [0.1, 0.15) is 27.7 Å². The fourth-order valence-electron chi connectivity index (χ4n) is 3.77. The third-order valence-electron chi connectivity index (χ3n) is 5.34. The molecule has 35 heavy (non-hydrogen) atoms. The predicted octanol–water partition coefficient (Wildman–Crippen LogP) is 8.82. The molecular formula is C32H30O2S. The Labute approximate surface area is 210 Å². The number of fused-ring (bicyclic) bond motifs is 4. The van der Waals surface area contributed by atoms with E-state index in [0.717, 1.165) is 41.7 Å². The molecule has 6 aromatic rings. The van der Waals surface area contributed by atoms with Crippen LogP contribution in [-0.2, 0) is 0 Å². The highest BCUT2D eigenvalue weighted by Crippen LogP contribution is 2.23. The lowest BCUT2D eigenvalue weighted by atomic mass is 10.1. The van der Waals surface area contributed by atoms with Crippen LogP contribution in [0.4, 0.5) is 0 Å². The van der Waals surface area contributed by atoms with Crippen LogP contribution in [0, 0.1) is 0 Å². The summed E-state index contributed by atoms with van der Waals surface area (Å²) in [6.07, 6.45) is 0. The molecule has 1 aromatic heterocycles. The monoisotopic (exact) mass is 478 g/mol. The summed E-state index contributed by atoms with van der Waals surface area (Å²) in [7, 11) is 0. The molecule has 0 N–H and O–H groups in total.